The number of carbonyl (C=O) groups is 1. The number of likely N-dealkylation sites (tertiary alicyclic amines) is 1. The predicted octanol–water partition coefficient (Wildman–Crippen LogP) is 2.43. The zero-order valence-electron chi connectivity index (χ0n) is 12.2. The Bertz CT molecular complexity index is 763. The van der Waals surface area contributed by atoms with Crippen LogP contribution in [-0.4, -0.2) is 32.4 Å². The summed E-state index contributed by atoms with van der Waals surface area (Å²) >= 11 is 0. The third-order valence-corrected chi connectivity index (χ3v) is 4.18. The molecular formula is C14H14N4O5. The van der Waals surface area contributed by atoms with Gasteiger partial charge in [0.1, 0.15) is 11.0 Å². The van der Waals surface area contributed by atoms with E-state index in [1.165, 1.54) is 12.1 Å². The van der Waals surface area contributed by atoms with Gasteiger partial charge in [0.15, 0.2) is 11.6 Å². The highest BCUT2D eigenvalue weighted by molar-refractivity contribution is 5.92. The van der Waals surface area contributed by atoms with Crippen molar-refractivity contribution in [3.63, 3.8) is 0 Å². The molecule has 0 N–H and O–H groups in total. The SMILES string of the molecule is O=C(c1ccc([N+](=O)[O-])o1)N1CCCC1c1nc(C2CC2)no1. The molecule has 1 unspecified atom stereocenters. The van der Waals surface area contributed by atoms with E-state index in [0.29, 0.717) is 24.2 Å². The van der Waals surface area contributed by atoms with E-state index >= 15 is 0 Å². The highest BCUT2D eigenvalue weighted by Gasteiger charge is 2.37. The monoisotopic (exact) mass is 318 g/mol. The van der Waals surface area contributed by atoms with Crippen LogP contribution in [0.3, 0.4) is 0 Å². The van der Waals surface area contributed by atoms with Crippen molar-refractivity contribution in [3.8, 4) is 0 Å². The fourth-order valence-electron chi connectivity index (χ4n) is 2.84. The quantitative estimate of drug-likeness (QED) is 0.627. The summed E-state index contributed by atoms with van der Waals surface area (Å²) in [5, 5.41) is 14.6. The molecule has 1 aliphatic carbocycles. The van der Waals surface area contributed by atoms with Crippen LogP contribution < -0.4 is 0 Å². The van der Waals surface area contributed by atoms with E-state index in [9.17, 15) is 14.9 Å². The zero-order valence-corrected chi connectivity index (χ0v) is 12.2. The molecule has 1 atom stereocenters. The van der Waals surface area contributed by atoms with Crippen molar-refractivity contribution in [1.29, 1.82) is 0 Å². The van der Waals surface area contributed by atoms with Gasteiger partial charge >= 0.3 is 5.88 Å². The van der Waals surface area contributed by atoms with Crippen LogP contribution in [0.4, 0.5) is 5.88 Å². The van der Waals surface area contributed by atoms with E-state index in [1.807, 2.05) is 0 Å². The molecule has 120 valence electrons. The summed E-state index contributed by atoms with van der Waals surface area (Å²) < 4.78 is 10.3. The van der Waals surface area contributed by atoms with Crippen LogP contribution in [0.1, 0.15) is 59.9 Å². The first-order valence-corrected chi connectivity index (χ1v) is 7.52. The van der Waals surface area contributed by atoms with Gasteiger partial charge in [-0.3, -0.25) is 14.9 Å². The molecule has 1 saturated heterocycles. The molecule has 1 amide bonds. The summed E-state index contributed by atoms with van der Waals surface area (Å²) in [5.41, 5.74) is 0. The average molecular weight is 318 g/mol. The number of furan rings is 1. The molecular weight excluding hydrogens is 304 g/mol. The minimum atomic E-state index is -0.668. The van der Waals surface area contributed by atoms with E-state index in [1.54, 1.807) is 4.90 Å². The van der Waals surface area contributed by atoms with Gasteiger partial charge in [0.2, 0.25) is 5.89 Å². The van der Waals surface area contributed by atoms with Crippen molar-refractivity contribution in [2.45, 2.75) is 37.6 Å². The summed E-state index contributed by atoms with van der Waals surface area (Å²) in [7, 11) is 0. The van der Waals surface area contributed by atoms with Crippen LogP contribution in [-0.2, 0) is 0 Å². The number of hydrogen-bond donors (Lipinski definition) is 0. The molecule has 2 aliphatic rings. The fourth-order valence-corrected chi connectivity index (χ4v) is 2.84. The Morgan fingerprint density at radius 2 is 2.17 bits per heavy atom. The Morgan fingerprint density at radius 3 is 2.87 bits per heavy atom. The third kappa shape index (κ3) is 2.47. The third-order valence-electron chi connectivity index (χ3n) is 4.18. The topological polar surface area (TPSA) is 116 Å². The van der Waals surface area contributed by atoms with Gasteiger partial charge in [-0.05, 0) is 31.7 Å². The molecule has 0 aromatic carbocycles. The van der Waals surface area contributed by atoms with Crippen LogP contribution in [0.15, 0.2) is 21.1 Å². The van der Waals surface area contributed by atoms with Crippen molar-refractivity contribution < 1.29 is 18.7 Å². The average Bonchev–Trinajstić information content (AvgIpc) is 3.02. The van der Waals surface area contributed by atoms with Crippen molar-refractivity contribution in [2.75, 3.05) is 6.54 Å². The number of nitrogens with zero attached hydrogens (tertiary/aromatic N) is 4. The summed E-state index contributed by atoms with van der Waals surface area (Å²) in [6, 6.07) is 2.20. The lowest BCUT2D eigenvalue weighted by atomic mass is 10.2. The van der Waals surface area contributed by atoms with E-state index in [4.69, 9.17) is 8.94 Å². The van der Waals surface area contributed by atoms with E-state index < -0.39 is 16.7 Å². The summed E-state index contributed by atoms with van der Waals surface area (Å²) in [5.74, 6) is 0.618. The Kier molecular flexibility index (Phi) is 3.14. The molecule has 2 fully saturated rings. The lowest BCUT2D eigenvalue weighted by molar-refractivity contribution is -0.402. The van der Waals surface area contributed by atoms with Crippen molar-refractivity contribution in [3.05, 3.63) is 39.7 Å². The standard InChI is InChI=1S/C14H14N4O5/c19-14(10-5-6-11(22-10)18(20)21)17-7-1-2-9(17)13-15-12(16-23-13)8-3-4-8/h5-6,8-9H,1-4,7H2. The zero-order chi connectivity index (χ0) is 16.0. The van der Waals surface area contributed by atoms with Gasteiger partial charge in [-0.25, -0.2) is 0 Å². The Balaban J connectivity index is 1.55. The van der Waals surface area contributed by atoms with Gasteiger partial charge in [0.25, 0.3) is 5.91 Å². The molecule has 23 heavy (non-hydrogen) atoms. The fraction of sp³-hybridized carbons (Fsp3) is 0.500. The van der Waals surface area contributed by atoms with Crippen LogP contribution in [0.25, 0.3) is 0 Å². The molecule has 4 rings (SSSR count). The van der Waals surface area contributed by atoms with Crippen LogP contribution >= 0.6 is 0 Å². The maximum Gasteiger partial charge on any atom is 0.433 e. The summed E-state index contributed by atoms with van der Waals surface area (Å²) in [4.78, 5) is 28.5. The number of amides is 1. The van der Waals surface area contributed by atoms with E-state index in [0.717, 1.165) is 25.7 Å². The Hall–Kier alpha value is -2.71. The number of hydrogen-bond acceptors (Lipinski definition) is 7. The highest BCUT2D eigenvalue weighted by Crippen LogP contribution is 2.40. The van der Waals surface area contributed by atoms with Gasteiger partial charge in [-0.2, -0.15) is 4.98 Å². The van der Waals surface area contributed by atoms with Gasteiger partial charge in [-0.15, -0.1) is 0 Å². The van der Waals surface area contributed by atoms with Crippen LogP contribution in [0.5, 0.6) is 0 Å². The maximum absolute atomic E-state index is 12.5. The van der Waals surface area contributed by atoms with E-state index in [2.05, 4.69) is 10.1 Å². The molecule has 0 radical (unpaired) electrons. The number of nitro groups is 1. The smallest absolute Gasteiger partial charge is 0.395 e. The number of rotatable bonds is 4. The Morgan fingerprint density at radius 1 is 1.35 bits per heavy atom. The minimum Gasteiger partial charge on any atom is -0.395 e. The van der Waals surface area contributed by atoms with Crippen molar-refractivity contribution in [1.82, 2.24) is 15.0 Å². The predicted molar refractivity (Wildman–Crippen MR) is 74.6 cm³/mol. The lowest BCUT2D eigenvalue weighted by Crippen LogP contribution is -2.30. The first kappa shape index (κ1) is 13.9. The van der Waals surface area contributed by atoms with Gasteiger partial charge in [0.05, 0.1) is 6.07 Å². The van der Waals surface area contributed by atoms with Crippen LogP contribution in [0.2, 0.25) is 0 Å². The highest BCUT2D eigenvalue weighted by atomic mass is 16.6. The lowest BCUT2D eigenvalue weighted by Gasteiger charge is -2.20. The molecule has 1 saturated carbocycles. The molecule has 0 spiro atoms. The van der Waals surface area contributed by atoms with Crippen molar-refractivity contribution >= 4 is 11.8 Å². The second-order valence-electron chi connectivity index (χ2n) is 5.82. The molecule has 2 aromatic heterocycles. The molecule has 9 nitrogen and oxygen atoms in total. The molecule has 1 aliphatic heterocycles. The molecule has 9 heteroatoms. The normalized spacial score (nSPS) is 20.9. The largest absolute Gasteiger partial charge is 0.433 e. The van der Waals surface area contributed by atoms with Gasteiger partial charge < -0.3 is 13.8 Å². The van der Waals surface area contributed by atoms with Crippen molar-refractivity contribution in [2.24, 2.45) is 0 Å². The first-order chi connectivity index (χ1) is 11.1. The summed E-state index contributed by atoms with van der Waals surface area (Å²) in [6.07, 6.45) is 3.67. The second-order valence-corrected chi connectivity index (χ2v) is 5.82. The second kappa shape index (κ2) is 5.18. The van der Waals surface area contributed by atoms with Gasteiger partial charge in [0, 0.05) is 12.5 Å². The van der Waals surface area contributed by atoms with Crippen LogP contribution in [0, 0.1) is 10.1 Å². The minimum absolute atomic E-state index is 0.0504. The van der Waals surface area contributed by atoms with Gasteiger partial charge in [-0.1, -0.05) is 5.16 Å². The number of carbonyl (C=O) groups excluding carboxylic acids is 1. The summed E-state index contributed by atoms with van der Waals surface area (Å²) in [6.45, 7) is 0.527. The molecule has 3 heterocycles. The molecule has 0 bridgehead atoms. The van der Waals surface area contributed by atoms with E-state index in [-0.39, 0.29) is 11.8 Å². The first-order valence-electron chi connectivity index (χ1n) is 7.52. The number of aromatic nitrogens is 2. The molecule has 2 aromatic rings. The Labute approximate surface area is 130 Å². The maximum atomic E-state index is 12.5.